The number of ether oxygens (including phenoxy) is 5. The molecule has 14 heteroatoms. The Morgan fingerprint density at radius 1 is 0.892 bits per heavy atom. The molecule has 0 spiro atoms. The second-order valence-electron chi connectivity index (χ2n) is 8.44. The highest BCUT2D eigenvalue weighted by atomic mass is 79.9. The van der Waals surface area contributed by atoms with Gasteiger partial charge < -0.3 is 23.7 Å². The van der Waals surface area contributed by atoms with E-state index in [9.17, 15) is 28.8 Å². The molecule has 5 atom stereocenters. The van der Waals surface area contributed by atoms with Crippen molar-refractivity contribution in [2.24, 2.45) is 0 Å². The van der Waals surface area contributed by atoms with Gasteiger partial charge in [-0.25, -0.2) is 4.79 Å². The van der Waals surface area contributed by atoms with Crippen molar-refractivity contribution >= 4 is 39.8 Å². The molecule has 0 bridgehead atoms. The Labute approximate surface area is 221 Å². The third kappa shape index (κ3) is 7.99. The average Bonchev–Trinajstić information content (AvgIpc) is 2.79. The molecule has 0 radical (unpaired) electrons. The maximum absolute atomic E-state index is 13.4. The zero-order chi connectivity index (χ0) is 27.9. The Morgan fingerprint density at radius 2 is 1.46 bits per heavy atom. The van der Waals surface area contributed by atoms with Crippen LogP contribution in [0.25, 0.3) is 0 Å². The minimum absolute atomic E-state index is 0.121. The predicted molar refractivity (Wildman–Crippen MR) is 130 cm³/mol. The van der Waals surface area contributed by atoms with E-state index in [1.807, 2.05) is 0 Å². The van der Waals surface area contributed by atoms with Gasteiger partial charge >= 0.3 is 29.6 Å². The molecular weight excluding hydrogens is 560 g/mol. The number of unbranched alkanes of at least 4 members (excludes halogenated alkanes) is 1. The number of hydrogen-bond donors (Lipinski definition) is 0. The molecule has 0 aliphatic carbocycles. The molecule has 0 saturated carbocycles. The fraction of sp³-hybridized carbons (Fsp3) is 0.652. The summed E-state index contributed by atoms with van der Waals surface area (Å²) in [6.45, 7) is 5.65. The molecule has 0 amide bonds. The fourth-order valence-electron chi connectivity index (χ4n) is 3.93. The van der Waals surface area contributed by atoms with Gasteiger partial charge in [0.05, 0.1) is 0 Å². The number of esters is 4. The van der Waals surface area contributed by atoms with Crippen LogP contribution in [0.1, 0.15) is 52.3 Å². The lowest BCUT2D eigenvalue weighted by Crippen LogP contribution is -2.62. The number of carbonyl (C=O) groups is 4. The van der Waals surface area contributed by atoms with Crippen molar-refractivity contribution in [3.63, 3.8) is 0 Å². The number of halogens is 1. The first-order chi connectivity index (χ1) is 17.4. The number of alkyl halides is 1. The van der Waals surface area contributed by atoms with Crippen LogP contribution in [0.2, 0.25) is 0 Å². The zero-order valence-corrected chi connectivity index (χ0v) is 22.8. The topological polar surface area (TPSA) is 158 Å². The summed E-state index contributed by atoms with van der Waals surface area (Å²) in [6.07, 6.45) is -4.45. The van der Waals surface area contributed by atoms with Gasteiger partial charge in [0, 0.05) is 51.3 Å². The molecular formula is C23H31BrN2O11. The summed E-state index contributed by atoms with van der Waals surface area (Å²) in [5, 5.41) is 0.682. The molecule has 0 unspecified atom stereocenters. The Hall–Kier alpha value is -3.00. The third-order valence-electron chi connectivity index (χ3n) is 5.37. The number of aryl methyl sites for hydroxylation is 1. The minimum Gasteiger partial charge on any atom is -0.463 e. The molecule has 0 N–H and O–H groups in total. The summed E-state index contributed by atoms with van der Waals surface area (Å²) in [5.41, 5.74) is -1.06. The highest BCUT2D eigenvalue weighted by molar-refractivity contribution is 9.09. The van der Waals surface area contributed by atoms with Crippen molar-refractivity contribution in [1.29, 1.82) is 0 Å². The zero-order valence-electron chi connectivity index (χ0n) is 21.3. The van der Waals surface area contributed by atoms with Gasteiger partial charge in [-0.3, -0.25) is 33.1 Å². The van der Waals surface area contributed by atoms with Crippen molar-refractivity contribution in [1.82, 2.24) is 9.13 Å². The Morgan fingerprint density at radius 3 is 2.00 bits per heavy atom. The maximum atomic E-state index is 13.4. The van der Waals surface area contributed by atoms with Crippen LogP contribution in [-0.4, -0.2) is 69.4 Å². The normalized spacial score (nSPS) is 23.1. The monoisotopic (exact) mass is 590 g/mol. The van der Waals surface area contributed by atoms with E-state index in [0.717, 1.165) is 36.8 Å². The number of carbonyl (C=O) groups excluding carboxylic acids is 4. The lowest BCUT2D eigenvalue weighted by atomic mass is 9.97. The molecule has 1 aromatic rings. The molecule has 2 rings (SSSR count). The van der Waals surface area contributed by atoms with Crippen LogP contribution in [0, 0.1) is 6.92 Å². The molecule has 37 heavy (non-hydrogen) atoms. The Balaban J connectivity index is 2.71. The molecule has 0 aromatic carbocycles. The van der Waals surface area contributed by atoms with Crippen LogP contribution < -0.4 is 11.2 Å². The number of hydrogen-bond acceptors (Lipinski definition) is 11. The van der Waals surface area contributed by atoms with E-state index < -0.39 is 72.4 Å². The highest BCUT2D eigenvalue weighted by Gasteiger charge is 2.53. The Kier molecular flexibility index (Phi) is 11.0. The molecule has 1 saturated heterocycles. The van der Waals surface area contributed by atoms with Gasteiger partial charge in [-0.1, -0.05) is 15.9 Å². The summed E-state index contributed by atoms with van der Waals surface area (Å²) >= 11 is 3.31. The number of aromatic nitrogens is 2. The van der Waals surface area contributed by atoms with Crippen LogP contribution in [0.15, 0.2) is 15.8 Å². The molecule has 1 fully saturated rings. The molecule has 1 aromatic heterocycles. The summed E-state index contributed by atoms with van der Waals surface area (Å²) < 4.78 is 29.4. The molecule has 206 valence electrons. The van der Waals surface area contributed by atoms with Gasteiger partial charge in [0.25, 0.3) is 5.56 Å². The smallest absolute Gasteiger partial charge is 0.333 e. The van der Waals surface area contributed by atoms with Crippen molar-refractivity contribution in [3.05, 3.63) is 32.6 Å². The highest BCUT2D eigenvalue weighted by Crippen LogP contribution is 2.34. The van der Waals surface area contributed by atoms with Crippen molar-refractivity contribution in [2.75, 3.05) is 11.9 Å². The largest absolute Gasteiger partial charge is 0.463 e. The summed E-state index contributed by atoms with van der Waals surface area (Å²) in [6, 6.07) is 0. The van der Waals surface area contributed by atoms with E-state index in [1.165, 1.54) is 13.1 Å². The maximum Gasteiger partial charge on any atom is 0.333 e. The van der Waals surface area contributed by atoms with E-state index in [1.54, 1.807) is 0 Å². The number of nitrogens with zero attached hydrogens (tertiary/aromatic N) is 2. The first-order valence-electron chi connectivity index (χ1n) is 11.6. The van der Waals surface area contributed by atoms with Gasteiger partial charge in [0.15, 0.2) is 24.5 Å². The van der Waals surface area contributed by atoms with E-state index in [0.29, 0.717) is 18.2 Å². The van der Waals surface area contributed by atoms with Crippen molar-refractivity contribution in [2.45, 2.75) is 84.6 Å². The first-order valence-corrected chi connectivity index (χ1v) is 12.7. The third-order valence-corrected chi connectivity index (χ3v) is 5.93. The summed E-state index contributed by atoms with van der Waals surface area (Å²) in [4.78, 5) is 73.6. The Bertz CT molecular complexity index is 1130. The van der Waals surface area contributed by atoms with Gasteiger partial charge in [-0.05, 0) is 19.8 Å². The standard InChI is InChI=1S/C23H31BrN2O11/c1-12-10-26(23(32)25(21(12)31)9-7-6-8-24)22-20(36-16(5)30)19(35-15(4)29)18(34-14(3)28)17(37-22)11-33-13(2)27/h10,17-20,22H,6-9,11H2,1-5H3/t17-,18+,19+,20-,22-/m1/s1. The summed E-state index contributed by atoms with van der Waals surface area (Å²) in [5.74, 6) is -3.03. The minimum atomic E-state index is -1.47. The van der Waals surface area contributed by atoms with Gasteiger partial charge in [0.1, 0.15) is 12.7 Å². The number of rotatable bonds is 10. The first kappa shape index (κ1) is 30.2. The van der Waals surface area contributed by atoms with Gasteiger partial charge in [-0.15, -0.1) is 0 Å². The van der Waals surface area contributed by atoms with Crippen molar-refractivity contribution in [3.8, 4) is 0 Å². The lowest BCUT2D eigenvalue weighted by Gasteiger charge is -2.44. The van der Waals surface area contributed by atoms with Crippen LogP contribution in [-0.2, 0) is 49.4 Å². The second kappa shape index (κ2) is 13.5. The average molecular weight is 591 g/mol. The van der Waals surface area contributed by atoms with Crippen LogP contribution >= 0.6 is 15.9 Å². The van der Waals surface area contributed by atoms with Crippen LogP contribution in [0.3, 0.4) is 0 Å². The van der Waals surface area contributed by atoms with E-state index in [-0.39, 0.29) is 12.1 Å². The van der Waals surface area contributed by atoms with Gasteiger partial charge in [0.2, 0.25) is 0 Å². The van der Waals surface area contributed by atoms with Crippen LogP contribution in [0.5, 0.6) is 0 Å². The van der Waals surface area contributed by atoms with Gasteiger partial charge in [-0.2, -0.15) is 0 Å². The van der Waals surface area contributed by atoms with Crippen molar-refractivity contribution < 1.29 is 42.9 Å². The van der Waals surface area contributed by atoms with E-state index in [4.69, 9.17) is 23.7 Å². The van der Waals surface area contributed by atoms with E-state index >= 15 is 0 Å². The second-order valence-corrected chi connectivity index (χ2v) is 9.24. The molecule has 1 aliphatic rings. The predicted octanol–water partition coefficient (Wildman–Crippen LogP) is 0.749. The fourth-order valence-corrected chi connectivity index (χ4v) is 4.33. The molecule has 1 aliphatic heterocycles. The SMILES string of the molecule is CC(=O)OC[C@H]1O[C@@H](n2cc(C)c(=O)n(CCCCBr)c2=O)[C@H](OC(C)=O)[C@@H](OC(C)=O)[C@H]1OC(C)=O. The summed E-state index contributed by atoms with van der Waals surface area (Å²) in [7, 11) is 0. The lowest BCUT2D eigenvalue weighted by molar-refractivity contribution is -0.269. The molecule has 13 nitrogen and oxygen atoms in total. The molecule has 2 heterocycles. The van der Waals surface area contributed by atoms with E-state index in [2.05, 4.69) is 15.9 Å². The van der Waals surface area contributed by atoms with Crippen LogP contribution in [0.4, 0.5) is 0 Å². The quantitative estimate of drug-likeness (QED) is 0.164.